The van der Waals surface area contributed by atoms with E-state index in [4.69, 9.17) is 4.65 Å². The summed E-state index contributed by atoms with van der Waals surface area (Å²) in [6, 6.07) is 7.33. The third-order valence-corrected chi connectivity index (χ3v) is 4.82. The Hall–Kier alpha value is -1.78. The molecule has 140 valence electrons. The first-order valence-corrected chi connectivity index (χ1v) is 9.62. The van der Waals surface area contributed by atoms with Gasteiger partial charge in [0.15, 0.2) is 0 Å². The van der Waals surface area contributed by atoms with Gasteiger partial charge in [0, 0.05) is 6.32 Å². The number of phenols is 1. The first-order chi connectivity index (χ1) is 12.4. The molecule has 1 atom stereocenters. The molecule has 0 saturated carbocycles. The molecule has 1 aromatic rings. The average molecular weight is 354 g/mol. The van der Waals surface area contributed by atoms with Crippen LogP contribution in [0.1, 0.15) is 52.0 Å². The Bertz CT molecular complexity index is 676. The fraction of sp³-hybridized carbons (Fsp3) is 0.455. The highest BCUT2D eigenvalue weighted by atomic mass is 16.5. The van der Waals surface area contributed by atoms with E-state index in [1.807, 2.05) is 12.1 Å². The molecule has 0 aromatic heterocycles. The van der Waals surface area contributed by atoms with E-state index in [0.717, 1.165) is 42.4 Å². The largest absolute Gasteiger partial charge is 0.508 e. The summed E-state index contributed by atoms with van der Waals surface area (Å²) in [7, 11) is -0.728. The molecular formula is C22H31BO3. The zero-order valence-corrected chi connectivity index (χ0v) is 16.2. The van der Waals surface area contributed by atoms with Crippen LogP contribution >= 0.6 is 0 Å². The van der Waals surface area contributed by atoms with Gasteiger partial charge >= 0.3 is 7.12 Å². The van der Waals surface area contributed by atoms with Crippen molar-refractivity contribution in [1.29, 1.82) is 0 Å². The molecule has 1 unspecified atom stereocenters. The summed E-state index contributed by atoms with van der Waals surface area (Å²) in [6.45, 7) is 10.7. The van der Waals surface area contributed by atoms with Crippen LogP contribution in [0.5, 0.6) is 5.75 Å². The molecule has 1 aliphatic rings. The van der Waals surface area contributed by atoms with E-state index in [0.29, 0.717) is 12.2 Å². The topological polar surface area (TPSA) is 49.7 Å². The number of benzene rings is 1. The molecule has 1 aliphatic heterocycles. The van der Waals surface area contributed by atoms with E-state index in [9.17, 15) is 10.1 Å². The number of hydrogen-bond acceptors (Lipinski definition) is 3. The summed E-state index contributed by atoms with van der Waals surface area (Å²) in [4.78, 5) is 0. The van der Waals surface area contributed by atoms with E-state index in [2.05, 4.69) is 39.5 Å². The van der Waals surface area contributed by atoms with E-state index < -0.39 is 7.12 Å². The van der Waals surface area contributed by atoms with Gasteiger partial charge in [-0.05, 0) is 54.0 Å². The number of allylic oxidation sites excluding steroid dienone is 2. The van der Waals surface area contributed by atoms with E-state index >= 15 is 0 Å². The van der Waals surface area contributed by atoms with Crippen LogP contribution in [0.2, 0.25) is 6.32 Å². The van der Waals surface area contributed by atoms with Crippen molar-refractivity contribution in [3.8, 4) is 5.75 Å². The molecule has 0 fully saturated rings. The van der Waals surface area contributed by atoms with Crippen molar-refractivity contribution < 1.29 is 14.8 Å². The molecule has 0 aliphatic carbocycles. The van der Waals surface area contributed by atoms with E-state index in [1.54, 1.807) is 12.1 Å². The molecule has 0 radical (unpaired) electrons. The molecule has 1 aromatic carbocycles. The normalized spacial score (nSPS) is 18.2. The van der Waals surface area contributed by atoms with Crippen molar-refractivity contribution in [3.63, 3.8) is 0 Å². The summed E-state index contributed by atoms with van der Waals surface area (Å²) in [5.74, 6) is 0.646. The van der Waals surface area contributed by atoms with Crippen LogP contribution in [0.3, 0.4) is 0 Å². The minimum Gasteiger partial charge on any atom is -0.508 e. The summed E-state index contributed by atoms with van der Waals surface area (Å²) >= 11 is 0. The van der Waals surface area contributed by atoms with Gasteiger partial charge < -0.3 is 14.8 Å². The second-order valence-corrected chi connectivity index (χ2v) is 7.34. The second-order valence-electron chi connectivity index (χ2n) is 7.34. The fourth-order valence-corrected chi connectivity index (χ4v) is 3.33. The summed E-state index contributed by atoms with van der Waals surface area (Å²) < 4.78 is 5.83. The van der Waals surface area contributed by atoms with Gasteiger partial charge in [-0.1, -0.05) is 63.6 Å². The highest BCUT2D eigenvalue weighted by Crippen LogP contribution is 2.31. The van der Waals surface area contributed by atoms with Gasteiger partial charge in [0.2, 0.25) is 0 Å². The van der Waals surface area contributed by atoms with E-state index in [1.165, 1.54) is 5.57 Å². The molecule has 1 heterocycles. The van der Waals surface area contributed by atoms with Crippen molar-refractivity contribution in [3.05, 3.63) is 59.2 Å². The smallest absolute Gasteiger partial charge is 0.458 e. The van der Waals surface area contributed by atoms with Crippen molar-refractivity contribution in [2.75, 3.05) is 0 Å². The molecule has 0 bridgehead atoms. The number of phenolic OH excluding ortho intramolecular Hbond substituents is 1. The monoisotopic (exact) mass is 354 g/mol. The van der Waals surface area contributed by atoms with Gasteiger partial charge in [0.25, 0.3) is 0 Å². The standard InChI is InChI=1S/C22H31BO3/c1-5-7-18(14-19-8-6-9-20(24)15-19)10-11-22-21(17(4)16(2)3)12-13-23(25)26-22/h6,8-9,12,14-16,22,24-25H,4-5,7,10-11,13H2,1-3H3/b18-14+. The Morgan fingerprint density at radius 2 is 2.15 bits per heavy atom. The maximum Gasteiger partial charge on any atom is 0.458 e. The lowest BCUT2D eigenvalue weighted by atomic mass is 9.76. The lowest BCUT2D eigenvalue weighted by molar-refractivity contribution is 0.182. The third kappa shape index (κ3) is 5.89. The minimum atomic E-state index is -0.728. The molecule has 0 spiro atoms. The Balaban J connectivity index is 2.12. The first kappa shape index (κ1) is 20.5. The van der Waals surface area contributed by atoms with Crippen LogP contribution in [-0.2, 0) is 4.65 Å². The molecule has 0 saturated heterocycles. The zero-order chi connectivity index (χ0) is 19.1. The predicted octanol–water partition coefficient (Wildman–Crippen LogP) is 5.37. The minimum absolute atomic E-state index is 0.113. The molecular weight excluding hydrogens is 323 g/mol. The lowest BCUT2D eigenvalue weighted by Gasteiger charge is -2.29. The maximum atomic E-state index is 9.91. The van der Waals surface area contributed by atoms with Gasteiger partial charge in [0.1, 0.15) is 5.75 Å². The maximum absolute atomic E-state index is 9.91. The summed E-state index contributed by atoms with van der Waals surface area (Å²) in [6.07, 6.45) is 8.44. The Labute approximate surface area is 158 Å². The highest BCUT2D eigenvalue weighted by Gasteiger charge is 2.28. The first-order valence-electron chi connectivity index (χ1n) is 9.62. The highest BCUT2D eigenvalue weighted by molar-refractivity contribution is 6.43. The number of hydrogen-bond donors (Lipinski definition) is 2. The lowest BCUT2D eigenvalue weighted by Crippen LogP contribution is -2.32. The number of aromatic hydroxyl groups is 1. The van der Waals surface area contributed by atoms with Crippen LogP contribution in [0.4, 0.5) is 0 Å². The van der Waals surface area contributed by atoms with Crippen LogP contribution in [0.25, 0.3) is 6.08 Å². The Morgan fingerprint density at radius 3 is 2.81 bits per heavy atom. The fourth-order valence-electron chi connectivity index (χ4n) is 3.33. The Morgan fingerprint density at radius 1 is 1.38 bits per heavy atom. The second kappa shape index (κ2) is 9.79. The van der Waals surface area contributed by atoms with Crippen LogP contribution in [-0.4, -0.2) is 23.4 Å². The molecule has 26 heavy (non-hydrogen) atoms. The summed E-state index contributed by atoms with van der Waals surface area (Å²) in [5.41, 5.74) is 4.58. The quantitative estimate of drug-likeness (QED) is 0.617. The van der Waals surface area contributed by atoms with Crippen molar-refractivity contribution >= 4 is 13.2 Å². The van der Waals surface area contributed by atoms with Gasteiger partial charge in [0.05, 0.1) is 6.10 Å². The molecule has 0 amide bonds. The van der Waals surface area contributed by atoms with E-state index in [-0.39, 0.29) is 11.9 Å². The molecule has 4 heteroatoms. The number of rotatable bonds is 8. The van der Waals surface area contributed by atoms with Gasteiger partial charge in [-0.3, -0.25) is 0 Å². The summed E-state index contributed by atoms with van der Waals surface area (Å²) in [5, 5.41) is 19.6. The molecule has 3 nitrogen and oxygen atoms in total. The van der Waals surface area contributed by atoms with Gasteiger partial charge in [-0.15, -0.1) is 0 Å². The van der Waals surface area contributed by atoms with Crippen LogP contribution in [0.15, 0.2) is 53.6 Å². The van der Waals surface area contributed by atoms with Crippen molar-refractivity contribution in [1.82, 2.24) is 0 Å². The van der Waals surface area contributed by atoms with Crippen LogP contribution in [0, 0.1) is 5.92 Å². The average Bonchev–Trinajstić information content (AvgIpc) is 2.59. The van der Waals surface area contributed by atoms with Gasteiger partial charge in [-0.25, -0.2) is 0 Å². The third-order valence-electron chi connectivity index (χ3n) is 4.82. The van der Waals surface area contributed by atoms with Gasteiger partial charge in [-0.2, -0.15) is 0 Å². The molecule has 2 rings (SSSR count). The predicted molar refractivity (Wildman–Crippen MR) is 110 cm³/mol. The van der Waals surface area contributed by atoms with Crippen molar-refractivity contribution in [2.45, 2.75) is 58.9 Å². The SMILES string of the molecule is C=C(C1=CCB(O)OC1CC/C(=C/c1cccc(O)c1)CCC)C(C)C. The van der Waals surface area contributed by atoms with Crippen molar-refractivity contribution in [2.24, 2.45) is 5.92 Å². The van der Waals surface area contributed by atoms with Crippen LogP contribution < -0.4 is 0 Å². The Kier molecular flexibility index (Phi) is 7.74. The zero-order valence-electron chi connectivity index (χ0n) is 16.2. The molecule has 2 N–H and O–H groups in total.